The number of thiocarbonyl (C=S) groups is 1. The van der Waals surface area contributed by atoms with Crippen LogP contribution < -0.4 is 15.4 Å². The van der Waals surface area contributed by atoms with E-state index in [9.17, 15) is 4.79 Å². The van der Waals surface area contributed by atoms with E-state index in [-0.39, 0.29) is 12.0 Å². The number of ether oxygens (including phenoxy) is 1. The molecular formula is C17H23BrN2O2S. The second-order valence-corrected chi connectivity index (χ2v) is 7.34. The van der Waals surface area contributed by atoms with Crippen LogP contribution >= 0.6 is 28.1 Å². The van der Waals surface area contributed by atoms with Gasteiger partial charge in [-0.2, -0.15) is 0 Å². The van der Waals surface area contributed by atoms with Gasteiger partial charge in [0.25, 0.3) is 5.91 Å². The van der Waals surface area contributed by atoms with E-state index in [4.69, 9.17) is 17.0 Å². The standard InChI is InChI=1S/C17H23BrN2O2S/c1-11(2)22-15-9-8-12(10-14(15)18)16(21)20-17(23)19-13-6-4-3-5-7-13/h8-11,13H,3-7H2,1-2H3,(H2,19,20,21,23). The van der Waals surface area contributed by atoms with Gasteiger partial charge in [-0.3, -0.25) is 10.1 Å². The second-order valence-electron chi connectivity index (χ2n) is 6.07. The van der Waals surface area contributed by atoms with E-state index in [0.717, 1.165) is 23.1 Å². The van der Waals surface area contributed by atoms with Crippen molar-refractivity contribution in [1.29, 1.82) is 0 Å². The van der Waals surface area contributed by atoms with E-state index < -0.39 is 0 Å². The van der Waals surface area contributed by atoms with Gasteiger partial charge >= 0.3 is 0 Å². The molecule has 0 aromatic heterocycles. The van der Waals surface area contributed by atoms with Gasteiger partial charge in [-0.1, -0.05) is 19.3 Å². The molecule has 0 heterocycles. The molecule has 1 saturated carbocycles. The van der Waals surface area contributed by atoms with Crippen molar-refractivity contribution in [2.24, 2.45) is 0 Å². The van der Waals surface area contributed by atoms with Gasteiger partial charge in [0, 0.05) is 11.6 Å². The van der Waals surface area contributed by atoms with Crippen LogP contribution in [0.1, 0.15) is 56.3 Å². The molecule has 1 aliphatic carbocycles. The summed E-state index contributed by atoms with van der Waals surface area (Å²) >= 11 is 8.68. The van der Waals surface area contributed by atoms with E-state index in [2.05, 4.69) is 26.6 Å². The van der Waals surface area contributed by atoms with Crippen molar-refractivity contribution < 1.29 is 9.53 Å². The van der Waals surface area contributed by atoms with Crippen LogP contribution in [0, 0.1) is 0 Å². The summed E-state index contributed by atoms with van der Waals surface area (Å²) in [5.41, 5.74) is 0.542. The van der Waals surface area contributed by atoms with Gasteiger partial charge in [0.2, 0.25) is 0 Å². The molecule has 0 radical (unpaired) electrons. The minimum absolute atomic E-state index is 0.0817. The van der Waals surface area contributed by atoms with Crippen LogP contribution in [0.2, 0.25) is 0 Å². The summed E-state index contributed by atoms with van der Waals surface area (Å²) in [7, 11) is 0. The molecule has 0 unspecified atom stereocenters. The number of benzene rings is 1. The number of hydrogen-bond donors (Lipinski definition) is 2. The average Bonchev–Trinajstić information content (AvgIpc) is 2.49. The Hall–Kier alpha value is -1.14. The van der Waals surface area contributed by atoms with E-state index in [1.165, 1.54) is 19.3 Å². The number of halogens is 1. The molecule has 6 heteroatoms. The normalized spacial score (nSPS) is 15.3. The molecule has 0 saturated heterocycles. The molecule has 0 aliphatic heterocycles. The van der Waals surface area contributed by atoms with Gasteiger partial charge in [0.15, 0.2) is 5.11 Å². The van der Waals surface area contributed by atoms with Gasteiger partial charge in [-0.25, -0.2) is 0 Å². The molecule has 4 nitrogen and oxygen atoms in total. The third-order valence-electron chi connectivity index (χ3n) is 3.72. The second kappa shape index (κ2) is 8.64. The summed E-state index contributed by atoms with van der Waals surface area (Å²) in [6, 6.07) is 5.65. The topological polar surface area (TPSA) is 50.4 Å². The Balaban J connectivity index is 1.91. The summed E-state index contributed by atoms with van der Waals surface area (Å²) in [6.45, 7) is 3.92. The lowest BCUT2D eigenvalue weighted by atomic mass is 9.96. The maximum absolute atomic E-state index is 12.3. The number of carbonyl (C=O) groups excluding carboxylic acids is 1. The SMILES string of the molecule is CC(C)Oc1ccc(C(=O)NC(=S)NC2CCCCC2)cc1Br. The number of hydrogen-bond acceptors (Lipinski definition) is 3. The molecular weight excluding hydrogens is 376 g/mol. The maximum Gasteiger partial charge on any atom is 0.257 e. The molecule has 2 N–H and O–H groups in total. The van der Waals surface area contributed by atoms with Crippen LogP contribution in [-0.4, -0.2) is 23.2 Å². The molecule has 1 aromatic rings. The summed E-state index contributed by atoms with van der Waals surface area (Å²) in [5.74, 6) is 0.509. The molecule has 0 atom stereocenters. The van der Waals surface area contributed by atoms with E-state index >= 15 is 0 Å². The zero-order chi connectivity index (χ0) is 16.8. The van der Waals surface area contributed by atoms with Crippen LogP contribution in [0.25, 0.3) is 0 Å². The van der Waals surface area contributed by atoms with Crippen LogP contribution in [0.3, 0.4) is 0 Å². The summed E-state index contributed by atoms with van der Waals surface area (Å²) < 4.78 is 6.40. The summed E-state index contributed by atoms with van der Waals surface area (Å²) in [6.07, 6.45) is 6.04. The van der Waals surface area contributed by atoms with Gasteiger partial charge in [-0.05, 0) is 73.0 Å². The molecule has 1 aliphatic rings. The largest absolute Gasteiger partial charge is 0.490 e. The Morgan fingerprint density at radius 3 is 2.61 bits per heavy atom. The van der Waals surface area contributed by atoms with Crippen molar-refractivity contribution in [3.63, 3.8) is 0 Å². The van der Waals surface area contributed by atoms with Crippen molar-refractivity contribution in [3.8, 4) is 5.75 Å². The molecule has 0 bridgehead atoms. The van der Waals surface area contributed by atoms with Gasteiger partial charge in [0.05, 0.1) is 10.6 Å². The van der Waals surface area contributed by atoms with Crippen LogP contribution in [-0.2, 0) is 0 Å². The van der Waals surface area contributed by atoms with E-state index in [0.29, 0.717) is 16.7 Å². The molecule has 1 amide bonds. The molecule has 0 spiro atoms. The van der Waals surface area contributed by atoms with Crippen molar-refractivity contribution >= 4 is 39.2 Å². The first-order chi connectivity index (χ1) is 11.0. The number of amides is 1. The molecule has 1 aromatic carbocycles. The van der Waals surface area contributed by atoms with Gasteiger partial charge in [0.1, 0.15) is 5.75 Å². The predicted octanol–water partition coefficient (Wildman–Crippen LogP) is 4.17. The minimum atomic E-state index is -0.213. The first-order valence-corrected chi connectivity index (χ1v) is 9.24. The Labute approximate surface area is 151 Å². The number of nitrogens with one attached hydrogen (secondary N) is 2. The first-order valence-electron chi connectivity index (χ1n) is 8.03. The summed E-state index contributed by atoms with van der Waals surface area (Å²) in [5, 5.41) is 6.39. The highest BCUT2D eigenvalue weighted by atomic mass is 79.9. The lowest BCUT2D eigenvalue weighted by Gasteiger charge is -2.24. The summed E-state index contributed by atoms with van der Waals surface area (Å²) in [4.78, 5) is 12.3. The molecule has 2 rings (SSSR count). The lowest BCUT2D eigenvalue weighted by molar-refractivity contribution is 0.0976. The molecule has 126 valence electrons. The fourth-order valence-electron chi connectivity index (χ4n) is 2.64. The quantitative estimate of drug-likeness (QED) is 0.747. The third kappa shape index (κ3) is 5.77. The smallest absolute Gasteiger partial charge is 0.257 e. The zero-order valence-electron chi connectivity index (χ0n) is 13.5. The highest BCUT2D eigenvalue weighted by molar-refractivity contribution is 9.10. The first kappa shape index (κ1) is 18.2. The van der Waals surface area contributed by atoms with Crippen molar-refractivity contribution in [2.45, 2.75) is 58.1 Å². The third-order valence-corrected chi connectivity index (χ3v) is 4.56. The fraction of sp³-hybridized carbons (Fsp3) is 0.529. The molecule has 23 heavy (non-hydrogen) atoms. The highest BCUT2D eigenvalue weighted by Gasteiger charge is 2.16. The Kier molecular flexibility index (Phi) is 6.84. The highest BCUT2D eigenvalue weighted by Crippen LogP contribution is 2.27. The van der Waals surface area contributed by atoms with Crippen molar-refractivity contribution in [3.05, 3.63) is 28.2 Å². The lowest BCUT2D eigenvalue weighted by Crippen LogP contribution is -2.45. The Morgan fingerprint density at radius 1 is 1.30 bits per heavy atom. The van der Waals surface area contributed by atoms with Crippen LogP contribution in [0.4, 0.5) is 0 Å². The zero-order valence-corrected chi connectivity index (χ0v) is 15.9. The van der Waals surface area contributed by atoms with E-state index in [1.807, 2.05) is 13.8 Å². The van der Waals surface area contributed by atoms with E-state index in [1.54, 1.807) is 18.2 Å². The maximum atomic E-state index is 12.3. The number of rotatable bonds is 4. The average molecular weight is 399 g/mol. The van der Waals surface area contributed by atoms with Crippen LogP contribution in [0.5, 0.6) is 5.75 Å². The Morgan fingerprint density at radius 2 is 2.00 bits per heavy atom. The van der Waals surface area contributed by atoms with Crippen molar-refractivity contribution in [2.75, 3.05) is 0 Å². The predicted molar refractivity (Wildman–Crippen MR) is 100.0 cm³/mol. The van der Waals surface area contributed by atoms with Crippen molar-refractivity contribution in [1.82, 2.24) is 10.6 Å². The van der Waals surface area contributed by atoms with Crippen LogP contribution in [0.15, 0.2) is 22.7 Å². The van der Waals surface area contributed by atoms with Gasteiger partial charge < -0.3 is 10.1 Å². The van der Waals surface area contributed by atoms with Gasteiger partial charge in [-0.15, -0.1) is 0 Å². The molecule has 1 fully saturated rings. The monoisotopic (exact) mass is 398 g/mol. The minimum Gasteiger partial charge on any atom is -0.490 e. The fourth-order valence-corrected chi connectivity index (χ4v) is 3.37. The number of carbonyl (C=O) groups is 1. The Bertz CT molecular complexity index is 572.